The molecule has 7 nitrogen and oxygen atoms in total. The first-order valence-electron chi connectivity index (χ1n) is 10.0. The van der Waals surface area contributed by atoms with E-state index in [1.165, 1.54) is 0 Å². The van der Waals surface area contributed by atoms with Crippen LogP contribution in [0, 0.1) is 23.4 Å². The van der Waals surface area contributed by atoms with Gasteiger partial charge in [0, 0.05) is 31.2 Å². The predicted octanol–water partition coefficient (Wildman–Crippen LogP) is 2.90. The van der Waals surface area contributed by atoms with E-state index in [4.69, 9.17) is 0 Å². The summed E-state index contributed by atoms with van der Waals surface area (Å²) in [4.78, 5) is 35.9. The largest absolute Gasteiger partial charge is 0.477 e. The lowest BCUT2D eigenvalue weighted by molar-refractivity contribution is -0.174. The molecule has 4 rings (SSSR count). The van der Waals surface area contributed by atoms with Gasteiger partial charge < -0.3 is 19.9 Å². The maximum Gasteiger partial charge on any atom is 0.471 e. The summed E-state index contributed by atoms with van der Waals surface area (Å²) in [7, 11) is 0. The van der Waals surface area contributed by atoms with E-state index >= 15 is 13.2 Å². The van der Waals surface area contributed by atoms with Crippen LogP contribution < -0.4 is 15.6 Å². The molecule has 2 aromatic rings. The van der Waals surface area contributed by atoms with Crippen LogP contribution in [-0.2, 0) is 4.79 Å². The number of aromatic carboxylic acids is 1. The summed E-state index contributed by atoms with van der Waals surface area (Å²) < 4.78 is 97.9. The van der Waals surface area contributed by atoms with Gasteiger partial charge in [-0.2, -0.15) is 13.2 Å². The van der Waals surface area contributed by atoms with Crippen molar-refractivity contribution in [3.05, 3.63) is 39.4 Å². The van der Waals surface area contributed by atoms with Gasteiger partial charge in [0.15, 0.2) is 17.5 Å². The van der Waals surface area contributed by atoms with Gasteiger partial charge in [-0.1, -0.05) is 0 Å². The number of benzene rings is 1. The second-order valence-electron chi connectivity index (χ2n) is 8.23. The van der Waals surface area contributed by atoms with Crippen molar-refractivity contribution in [3.8, 4) is 0 Å². The van der Waals surface area contributed by atoms with Crippen molar-refractivity contribution in [1.82, 2.24) is 9.88 Å². The first kappa shape index (κ1) is 23.8. The standard InChI is InChI=1S/C20H16F7N3O4/c21-3-7-4-29(6-10(7)28-19(34)20(25,26)27)16-13(23)12(22)11-15(14(16)24)30(8-1-2-8)5-9(17(11)31)18(32)33/h5,7-8,10H,1-4,6H2,(H,28,34)(H,32,33)/t7-,10+/m0/s1. The Hall–Kier alpha value is -3.32. The van der Waals surface area contributed by atoms with E-state index in [2.05, 4.69) is 0 Å². The number of fused-ring (bicyclic) bond motifs is 1. The number of carboxylic acid groups (broad SMARTS) is 1. The number of amides is 1. The predicted molar refractivity (Wildman–Crippen MR) is 103 cm³/mol. The number of anilines is 1. The summed E-state index contributed by atoms with van der Waals surface area (Å²) in [6.07, 6.45) is -3.55. The number of carboxylic acids is 1. The molecule has 2 heterocycles. The minimum Gasteiger partial charge on any atom is -0.477 e. The highest BCUT2D eigenvalue weighted by molar-refractivity contribution is 5.94. The lowest BCUT2D eigenvalue weighted by atomic mass is 10.1. The SMILES string of the molecule is O=C(O)c1cn(C2CC2)c2c(F)c(N3C[C@H](CF)[C@H](NC(=O)C(F)(F)F)C3)c(F)c(F)c2c1=O. The summed E-state index contributed by atoms with van der Waals surface area (Å²) in [5.74, 6) is -10.5. The molecule has 1 amide bonds. The third-order valence-corrected chi connectivity index (χ3v) is 5.97. The van der Waals surface area contributed by atoms with Crippen LogP contribution in [0.25, 0.3) is 10.9 Å². The van der Waals surface area contributed by atoms with Crippen LogP contribution in [0.2, 0.25) is 0 Å². The van der Waals surface area contributed by atoms with Crippen molar-refractivity contribution in [2.45, 2.75) is 31.1 Å². The molecule has 0 unspecified atom stereocenters. The number of aromatic nitrogens is 1. The molecule has 1 aromatic heterocycles. The summed E-state index contributed by atoms with van der Waals surface area (Å²) in [5.41, 5.74) is -4.09. The molecule has 0 radical (unpaired) electrons. The van der Waals surface area contributed by atoms with Gasteiger partial charge in [-0.3, -0.25) is 14.0 Å². The molecule has 1 aliphatic heterocycles. The zero-order valence-electron chi connectivity index (χ0n) is 17.1. The van der Waals surface area contributed by atoms with Gasteiger partial charge in [0.25, 0.3) is 0 Å². The highest BCUT2D eigenvalue weighted by Gasteiger charge is 2.44. The monoisotopic (exact) mass is 495 g/mol. The molecule has 2 fully saturated rings. The van der Waals surface area contributed by atoms with Gasteiger partial charge in [-0.25, -0.2) is 18.0 Å². The van der Waals surface area contributed by atoms with E-state index in [9.17, 15) is 37.1 Å². The Kier molecular flexibility index (Phi) is 5.72. The van der Waals surface area contributed by atoms with Gasteiger partial charge in [0.2, 0.25) is 5.43 Å². The highest BCUT2D eigenvalue weighted by atomic mass is 19.4. The minimum absolute atomic E-state index is 0.448. The number of carbonyl (C=O) groups excluding carboxylic acids is 1. The van der Waals surface area contributed by atoms with E-state index in [1.54, 1.807) is 5.32 Å². The van der Waals surface area contributed by atoms with Crippen LogP contribution in [0.1, 0.15) is 29.2 Å². The number of nitrogens with zero attached hydrogens (tertiary/aromatic N) is 2. The van der Waals surface area contributed by atoms with Crippen LogP contribution in [0.4, 0.5) is 36.4 Å². The van der Waals surface area contributed by atoms with Crippen LogP contribution >= 0.6 is 0 Å². The van der Waals surface area contributed by atoms with Gasteiger partial charge in [0.05, 0.1) is 23.6 Å². The first-order chi connectivity index (χ1) is 15.9. The van der Waals surface area contributed by atoms with Gasteiger partial charge in [-0.05, 0) is 12.8 Å². The number of hydrogen-bond acceptors (Lipinski definition) is 4. The van der Waals surface area contributed by atoms with Crippen molar-refractivity contribution >= 4 is 28.5 Å². The molecule has 1 saturated heterocycles. The Labute approximate surface area is 185 Å². The average Bonchev–Trinajstić information content (AvgIpc) is 3.52. The zero-order chi connectivity index (χ0) is 25.1. The molecular weight excluding hydrogens is 479 g/mol. The van der Waals surface area contributed by atoms with Crippen molar-refractivity contribution in [3.63, 3.8) is 0 Å². The molecule has 34 heavy (non-hydrogen) atoms. The summed E-state index contributed by atoms with van der Waals surface area (Å²) in [6.45, 7) is -2.47. The van der Waals surface area contributed by atoms with Crippen molar-refractivity contribution in [2.75, 3.05) is 24.7 Å². The molecule has 1 saturated carbocycles. The fraction of sp³-hybridized carbons (Fsp3) is 0.450. The number of carbonyl (C=O) groups is 2. The molecule has 14 heteroatoms. The fourth-order valence-corrected chi connectivity index (χ4v) is 4.18. The molecule has 2 atom stereocenters. The summed E-state index contributed by atoms with van der Waals surface area (Å²) in [6, 6.07) is -1.97. The Morgan fingerprint density at radius 1 is 1.09 bits per heavy atom. The topological polar surface area (TPSA) is 91.6 Å². The molecule has 0 bridgehead atoms. The number of alkyl halides is 4. The third kappa shape index (κ3) is 3.84. The lowest BCUT2D eigenvalue weighted by Gasteiger charge is -2.23. The van der Waals surface area contributed by atoms with Crippen molar-refractivity contribution in [1.29, 1.82) is 0 Å². The summed E-state index contributed by atoms with van der Waals surface area (Å²) in [5, 5.41) is 9.70. The van der Waals surface area contributed by atoms with E-state index < -0.39 is 101 Å². The van der Waals surface area contributed by atoms with Crippen molar-refractivity contribution in [2.24, 2.45) is 5.92 Å². The van der Waals surface area contributed by atoms with Gasteiger partial charge in [0.1, 0.15) is 11.3 Å². The maximum atomic E-state index is 15.6. The lowest BCUT2D eigenvalue weighted by Crippen LogP contribution is -2.47. The highest BCUT2D eigenvalue weighted by Crippen LogP contribution is 2.41. The summed E-state index contributed by atoms with van der Waals surface area (Å²) >= 11 is 0. The van der Waals surface area contributed by atoms with E-state index in [0.717, 1.165) is 15.7 Å². The van der Waals surface area contributed by atoms with E-state index in [-0.39, 0.29) is 0 Å². The molecule has 0 spiro atoms. The van der Waals surface area contributed by atoms with Gasteiger partial charge in [-0.15, -0.1) is 0 Å². The first-order valence-corrected chi connectivity index (χ1v) is 10.0. The molecule has 2 N–H and O–H groups in total. The van der Waals surface area contributed by atoms with E-state index in [0.29, 0.717) is 12.8 Å². The van der Waals surface area contributed by atoms with E-state index in [1.807, 2.05) is 0 Å². The number of pyridine rings is 1. The minimum atomic E-state index is -5.28. The second kappa shape index (κ2) is 8.17. The number of halogens is 7. The smallest absolute Gasteiger partial charge is 0.471 e. The second-order valence-corrected chi connectivity index (χ2v) is 8.23. The molecule has 1 aliphatic carbocycles. The Bertz CT molecular complexity index is 1260. The third-order valence-electron chi connectivity index (χ3n) is 5.97. The average molecular weight is 495 g/mol. The van der Waals surface area contributed by atoms with Crippen LogP contribution in [-0.4, -0.2) is 53.5 Å². The number of nitrogens with one attached hydrogen (secondary N) is 1. The van der Waals surface area contributed by atoms with Crippen LogP contribution in [0.5, 0.6) is 0 Å². The molecule has 184 valence electrons. The van der Waals surface area contributed by atoms with Gasteiger partial charge >= 0.3 is 18.1 Å². The molecule has 2 aliphatic rings. The Morgan fingerprint density at radius 2 is 1.74 bits per heavy atom. The maximum absolute atomic E-state index is 15.6. The quantitative estimate of drug-likeness (QED) is 0.492. The normalized spacial score (nSPS) is 20.7. The molecular formula is C20H16F7N3O4. The molecule has 1 aromatic carbocycles. The Morgan fingerprint density at radius 3 is 2.26 bits per heavy atom. The van der Waals surface area contributed by atoms with Crippen molar-refractivity contribution < 1.29 is 45.4 Å². The number of hydrogen-bond donors (Lipinski definition) is 2. The Balaban J connectivity index is 1.85. The fourth-order valence-electron chi connectivity index (χ4n) is 4.18. The zero-order valence-corrected chi connectivity index (χ0v) is 17.1. The van der Waals surface area contributed by atoms with Crippen LogP contribution in [0.15, 0.2) is 11.0 Å². The van der Waals surface area contributed by atoms with Crippen LogP contribution in [0.3, 0.4) is 0 Å². The number of rotatable bonds is 5.